The van der Waals surface area contributed by atoms with Crippen molar-refractivity contribution in [2.45, 2.75) is 82.0 Å². The number of carbonyl (C=O) groups is 2. The minimum absolute atomic E-state index is 0.119. The number of amides is 2. The van der Waals surface area contributed by atoms with Crippen LogP contribution in [0.5, 0.6) is 0 Å². The topological polar surface area (TPSA) is 154 Å². The molecule has 3 aromatic rings. The van der Waals surface area contributed by atoms with Crippen LogP contribution in [0.3, 0.4) is 0 Å². The van der Waals surface area contributed by atoms with Crippen molar-refractivity contribution < 1.29 is 41.7 Å². The van der Waals surface area contributed by atoms with Crippen molar-refractivity contribution in [3.8, 4) is 0 Å². The van der Waals surface area contributed by atoms with Crippen molar-refractivity contribution in [1.29, 1.82) is 0 Å². The van der Waals surface area contributed by atoms with Crippen LogP contribution in [0.25, 0.3) is 0 Å². The van der Waals surface area contributed by atoms with Crippen LogP contribution >= 0.6 is 0 Å². The summed E-state index contributed by atoms with van der Waals surface area (Å²) in [6.45, 7) is 3.10. The molecule has 10 nitrogen and oxygen atoms in total. The molecule has 0 heterocycles. The lowest BCUT2D eigenvalue weighted by Gasteiger charge is -2.29. The minimum Gasteiger partial charge on any atom is -0.445 e. The van der Waals surface area contributed by atoms with Gasteiger partial charge in [-0.15, -0.1) is 0 Å². The SMILES string of the molecule is CCCC(CCC)S(=O)(=O)C[C@@H](NC(=O)OCc1ccccc1)C(=O)N[C@@H](Cc1cc(F)cc(F)c1)[C@H](O)CN[C@@H](CO)c1ccccc1. The number of alkyl carbamates (subject to hydrolysis) is 1. The highest BCUT2D eigenvalue weighted by Gasteiger charge is 2.34. The Morgan fingerprint density at radius 1 is 0.857 bits per heavy atom. The predicted octanol–water partition coefficient (Wildman–Crippen LogP) is 4.35. The number of ether oxygens (including phenoxy) is 1. The van der Waals surface area contributed by atoms with Crippen LogP contribution in [0.1, 0.15) is 62.3 Å². The molecule has 3 aromatic carbocycles. The Morgan fingerprint density at radius 2 is 1.45 bits per heavy atom. The van der Waals surface area contributed by atoms with E-state index in [2.05, 4.69) is 16.0 Å². The molecule has 268 valence electrons. The summed E-state index contributed by atoms with van der Waals surface area (Å²) in [7, 11) is -3.92. The third-order valence-corrected chi connectivity index (χ3v) is 10.4. The monoisotopic (exact) mass is 703 g/mol. The van der Waals surface area contributed by atoms with Gasteiger partial charge in [-0.1, -0.05) is 87.4 Å². The average molecular weight is 704 g/mol. The van der Waals surface area contributed by atoms with Crippen molar-refractivity contribution in [3.63, 3.8) is 0 Å². The van der Waals surface area contributed by atoms with Crippen LogP contribution in [0, 0.1) is 11.6 Å². The fourth-order valence-electron chi connectivity index (χ4n) is 5.53. The molecule has 13 heteroatoms. The van der Waals surface area contributed by atoms with E-state index in [1.165, 1.54) is 0 Å². The zero-order valence-corrected chi connectivity index (χ0v) is 28.7. The Hall–Kier alpha value is -3.91. The van der Waals surface area contributed by atoms with Crippen LogP contribution in [0.2, 0.25) is 0 Å². The van der Waals surface area contributed by atoms with Crippen molar-refractivity contribution >= 4 is 21.8 Å². The molecule has 49 heavy (non-hydrogen) atoms. The Kier molecular flexibility index (Phi) is 16.1. The second-order valence-electron chi connectivity index (χ2n) is 12.0. The summed E-state index contributed by atoms with van der Waals surface area (Å²) in [5.41, 5.74) is 1.53. The smallest absolute Gasteiger partial charge is 0.408 e. The number of sulfone groups is 1. The predicted molar refractivity (Wildman–Crippen MR) is 183 cm³/mol. The molecule has 3 rings (SSSR count). The first-order valence-corrected chi connectivity index (χ1v) is 18.2. The molecular formula is C36H47F2N3O7S. The van der Waals surface area contributed by atoms with Gasteiger partial charge >= 0.3 is 6.09 Å². The molecular weight excluding hydrogens is 656 g/mol. The quantitative estimate of drug-likeness (QED) is 0.116. The van der Waals surface area contributed by atoms with E-state index in [9.17, 15) is 37.0 Å². The van der Waals surface area contributed by atoms with Crippen molar-refractivity contribution in [3.05, 3.63) is 107 Å². The zero-order chi connectivity index (χ0) is 35.8. The molecule has 5 N–H and O–H groups in total. The van der Waals surface area contributed by atoms with E-state index in [4.69, 9.17) is 4.74 Å². The van der Waals surface area contributed by atoms with Crippen LogP contribution in [-0.2, 0) is 32.4 Å². The molecule has 0 aromatic heterocycles. The van der Waals surface area contributed by atoms with Gasteiger partial charge in [0.1, 0.15) is 24.3 Å². The number of carbonyl (C=O) groups excluding carboxylic acids is 2. The van der Waals surface area contributed by atoms with Gasteiger partial charge in [0.2, 0.25) is 5.91 Å². The minimum atomic E-state index is -3.92. The van der Waals surface area contributed by atoms with E-state index < -0.39 is 68.7 Å². The molecule has 0 aliphatic heterocycles. The highest BCUT2D eigenvalue weighted by molar-refractivity contribution is 7.92. The van der Waals surface area contributed by atoms with Gasteiger partial charge < -0.3 is 30.9 Å². The highest BCUT2D eigenvalue weighted by atomic mass is 32.2. The number of hydrogen-bond acceptors (Lipinski definition) is 8. The number of nitrogens with one attached hydrogen (secondary N) is 3. The molecule has 0 aliphatic rings. The lowest BCUT2D eigenvalue weighted by atomic mass is 9.99. The maximum absolute atomic E-state index is 14.1. The van der Waals surface area contributed by atoms with Crippen LogP contribution in [0.4, 0.5) is 13.6 Å². The summed E-state index contributed by atoms with van der Waals surface area (Å²) in [5.74, 6) is -3.39. The lowest BCUT2D eigenvalue weighted by molar-refractivity contribution is -0.124. The van der Waals surface area contributed by atoms with Crippen molar-refractivity contribution in [2.75, 3.05) is 18.9 Å². The second kappa shape index (κ2) is 19.9. The third-order valence-electron chi connectivity index (χ3n) is 8.08. The normalized spacial score (nSPS) is 14.1. The standard InChI is InChI=1S/C36H47F2N3O7S/c1-3-11-30(12-4-2)49(46,47)24-33(41-36(45)48-23-25-13-7-5-8-14-25)35(44)40-31(19-26-17-28(37)20-29(38)18-26)34(43)21-39-32(22-42)27-15-9-6-10-16-27/h5-10,13-18,20,30-34,39,42-43H,3-4,11-12,19,21-24H2,1-2H3,(H,40,44)(H,41,45)/t31-,32-,33+,34+/m0/s1. The van der Waals surface area contributed by atoms with Crippen molar-refractivity contribution in [2.24, 2.45) is 0 Å². The Bertz CT molecular complexity index is 1540. The average Bonchev–Trinajstić information content (AvgIpc) is 3.07. The van der Waals surface area contributed by atoms with Gasteiger partial charge in [0.25, 0.3) is 0 Å². The molecule has 0 fully saturated rings. The van der Waals surface area contributed by atoms with E-state index in [1.807, 2.05) is 19.9 Å². The van der Waals surface area contributed by atoms with E-state index >= 15 is 0 Å². The van der Waals surface area contributed by atoms with Gasteiger partial charge in [0.05, 0.1) is 35.8 Å². The molecule has 0 radical (unpaired) electrons. The summed E-state index contributed by atoms with van der Waals surface area (Å²) < 4.78 is 60.7. The number of aliphatic hydroxyl groups excluding tert-OH is 2. The van der Waals surface area contributed by atoms with Crippen LogP contribution < -0.4 is 16.0 Å². The number of hydrogen-bond donors (Lipinski definition) is 5. The molecule has 4 atom stereocenters. The Morgan fingerprint density at radius 3 is 2.02 bits per heavy atom. The molecule has 0 saturated heterocycles. The molecule has 0 spiro atoms. The van der Waals surface area contributed by atoms with Gasteiger partial charge in [0.15, 0.2) is 9.84 Å². The number of rotatable bonds is 20. The molecule has 2 amide bonds. The van der Waals surface area contributed by atoms with Gasteiger partial charge in [-0.05, 0) is 48.1 Å². The summed E-state index contributed by atoms with van der Waals surface area (Å²) in [6.07, 6.45) is -0.731. The maximum Gasteiger partial charge on any atom is 0.408 e. The summed E-state index contributed by atoms with van der Waals surface area (Å²) in [6, 6.07) is 17.1. The molecule has 0 unspecified atom stereocenters. The van der Waals surface area contributed by atoms with Crippen molar-refractivity contribution in [1.82, 2.24) is 16.0 Å². The van der Waals surface area contributed by atoms with Gasteiger partial charge in [-0.25, -0.2) is 22.0 Å². The first kappa shape index (κ1) is 39.5. The summed E-state index contributed by atoms with van der Waals surface area (Å²) in [5, 5.41) is 28.6. The van der Waals surface area contributed by atoms with Crippen LogP contribution in [-0.4, -0.2) is 73.0 Å². The number of halogens is 2. The molecule has 0 bridgehead atoms. The Balaban J connectivity index is 1.87. The van der Waals surface area contributed by atoms with Gasteiger partial charge in [0, 0.05) is 12.6 Å². The van der Waals surface area contributed by atoms with E-state index in [0.717, 1.165) is 17.7 Å². The van der Waals surface area contributed by atoms with E-state index in [1.54, 1.807) is 54.6 Å². The largest absolute Gasteiger partial charge is 0.445 e. The van der Waals surface area contributed by atoms with Crippen LogP contribution in [0.15, 0.2) is 78.9 Å². The highest BCUT2D eigenvalue weighted by Crippen LogP contribution is 2.18. The first-order chi connectivity index (χ1) is 23.4. The zero-order valence-electron chi connectivity index (χ0n) is 27.9. The fraction of sp³-hybridized carbons (Fsp3) is 0.444. The third kappa shape index (κ3) is 13.1. The molecule has 0 saturated carbocycles. The summed E-state index contributed by atoms with van der Waals surface area (Å²) >= 11 is 0. The van der Waals surface area contributed by atoms with E-state index in [-0.39, 0.29) is 31.7 Å². The van der Waals surface area contributed by atoms with Gasteiger partial charge in [-0.2, -0.15) is 0 Å². The number of aliphatic hydroxyl groups is 2. The first-order valence-electron chi connectivity index (χ1n) is 16.5. The maximum atomic E-state index is 14.1. The second-order valence-corrected chi connectivity index (χ2v) is 14.3. The molecule has 0 aliphatic carbocycles. The number of benzene rings is 3. The summed E-state index contributed by atoms with van der Waals surface area (Å²) in [4.78, 5) is 26.8. The van der Waals surface area contributed by atoms with Gasteiger partial charge in [-0.3, -0.25) is 4.79 Å². The Labute approximate surface area is 287 Å². The van der Waals surface area contributed by atoms with E-state index in [0.29, 0.717) is 37.3 Å². The lowest BCUT2D eigenvalue weighted by Crippen LogP contribution is -2.57. The fourth-order valence-corrected chi connectivity index (χ4v) is 7.69.